The molecule has 2 saturated heterocycles. The zero-order chi connectivity index (χ0) is 19.2. The van der Waals surface area contributed by atoms with Gasteiger partial charge >= 0.3 is 0 Å². The van der Waals surface area contributed by atoms with Crippen LogP contribution in [0.4, 0.5) is 0 Å². The Bertz CT molecular complexity index is 635. The molecule has 1 atom stereocenters. The second-order valence-corrected chi connectivity index (χ2v) is 7.60. The Morgan fingerprint density at radius 2 is 2.04 bits per heavy atom. The molecule has 0 aliphatic carbocycles. The number of nitrogens with zero attached hydrogens (tertiary/aromatic N) is 4. The average molecular weight is 505 g/mol. The third-order valence-electron chi connectivity index (χ3n) is 5.66. The Labute approximate surface area is 186 Å². The molecule has 0 saturated carbocycles. The standard InChI is InChI=1S/C20H35N5O2.HI/c1-5-21-20(22-13-19-15(2)23-24(4)16(19)3)25-10-8-17(9-11-25)27-14-18-7-6-12-26-18;/h17-18H,5-14H2,1-4H3,(H,21,22);1H. The largest absolute Gasteiger partial charge is 0.376 e. The van der Waals surface area contributed by atoms with E-state index in [1.54, 1.807) is 0 Å². The minimum atomic E-state index is 0. The van der Waals surface area contributed by atoms with Crippen LogP contribution in [-0.4, -0.2) is 65.7 Å². The number of hydrogen-bond donors (Lipinski definition) is 1. The zero-order valence-electron chi connectivity index (χ0n) is 17.7. The Balaban J connectivity index is 0.00000280. The maximum atomic E-state index is 6.10. The van der Waals surface area contributed by atoms with Crippen LogP contribution in [0.2, 0.25) is 0 Å². The van der Waals surface area contributed by atoms with Crippen LogP contribution in [-0.2, 0) is 23.1 Å². The Morgan fingerprint density at radius 1 is 1.29 bits per heavy atom. The van der Waals surface area contributed by atoms with Gasteiger partial charge in [-0.25, -0.2) is 4.99 Å². The molecule has 8 heteroatoms. The Hall–Kier alpha value is -0.870. The van der Waals surface area contributed by atoms with E-state index in [4.69, 9.17) is 14.5 Å². The Morgan fingerprint density at radius 3 is 2.61 bits per heavy atom. The molecular formula is C20H36IN5O2. The summed E-state index contributed by atoms with van der Waals surface area (Å²) in [5.74, 6) is 0.998. The van der Waals surface area contributed by atoms with Crippen molar-refractivity contribution in [2.24, 2.45) is 12.0 Å². The lowest BCUT2D eigenvalue weighted by molar-refractivity contribution is -0.0367. The molecule has 3 heterocycles. The summed E-state index contributed by atoms with van der Waals surface area (Å²) in [4.78, 5) is 7.25. The molecule has 0 amide bonds. The fourth-order valence-electron chi connectivity index (χ4n) is 3.88. The smallest absolute Gasteiger partial charge is 0.194 e. The molecule has 0 spiro atoms. The molecule has 2 aliphatic rings. The summed E-state index contributed by atoms with van der Waals surface area (Å²) >= 11 is 0. The highest BCUT2D eigenvalue weighted by Crippen LogP contribution is 2.18. The third kappa shape index (κ3) is 6.06. The van der Waals surface area contributed by atoms with E-state index >= 15 is 0 Å². The molecule has 7 nitrogen and oxygen atoms in total. The van der Waals surface area contributed by atoms with Gasteiger partial charge < -0.3 is 19.7 Å². The topological polar surface area (TPSA) is 63.9 Å². The number of aliphatic imine (C=N–C) groups is 1. The number of guanidine groups is 1. The second-order valence-electron chi connectivity index (χ2n) is 7.60. The van der Waals surface area contributed by atoms with E-state index in [-0.39, 0.29) is 24.0 Å². The van der Waals surface area contributed by atoms with Crippen molar-refractivity contribution in [3.8, 4) is 0 Å². The first kappa shape index (κ1) is 23.4. The number of aromatic nitrogens is 2. The quantitative estimate of drug-likeness (QED) is 0.366. The molecule has 2 fully saturated rings. The molecule has 28 heavy (non-hydrogen) atoms. The van der Waals surface area contributed by atoms with Crippen molar-refractivity contribution in [3.63, 3.8) is 0 Å². The van der Waals surface area contributed by atoms with Gasteiger partial charge in [0.15, 0.2) is 5.96 Å². The van der Waals surface area contributed by atoms with E-state index in [0.29, 0.717) is 18.8 Å². The van der Waals surface area contributed by atoms with E-state index in [9.17, 15) is 0 Å². The minimum absolute atomic E-state index is 0. The monoisotopic (exact) mass is 505 g/mol. The van der Waals surface area contributed by atoms with Crippen molar-refractivity contribution in [3.05, 3.63) is 17.0 Å². The number of halogens is 1. The van der Waals surface area contributed by atoms with Gasteiger partial charge in [-0.15, -0.1) is 24.0 Å². The van der Waals surface area contributed by atoms with Crippen LogP contribution in [0.25, 0.3) is 0 Å². The molecule has 1 unspecified atom stereocenters. The van der Waals surface area contributed by atoms with Crippen molar-refractivity contribution in [1.29, 1.82) is 0 Å². The van der Waals surface area contributed by atoms with Crippen LogP contribution in [0.3, 0.4) is 0 Å². The summed E-state index contributed by atoms with van der Waals surface area (Å²) < 4.78 is 13.7. The summed E-state index contributed by atoms with van der Waals surface area (Å²) in [5.41, 5.74) is 3.48. The van der Waals surface area contributed by atoms with Crippen molar-refractivity contribution in [2.45, 2.75) is 65.2 Å². The van der Waals surface area contributed by atoms with Crippen LogP contribution in [0.5, 0.6) is 0 Å². The van der Waals surface area contributed by atoms with Gasteiger partial charge in [0.25, 0.3) is 0 Å². The maximum Gasteiger partial charge on any atom is 0.194 e. The van der Waals surface area contributed by atoms with Gasteiger partial charge in [0.05, 0.1) is 31.1 Å². The van der Waals surface area contributed by atoms with Crippen LogP contribution in [0.1, 0.15) is 49.6 Å². The lowest BCUT2D eigenvalue weighted by Gasteiger charge is -2.34. The van der Waals surface area contributed by atoms with Gasteiger partial charge in [0, 0.05) is 44.5 Å². The normalized spacial score (nSPS) is 21.1. The SMILES string of the molecule is CCNC(=NCc1c(C)nn(C)c1C)N1CCC(OCC2CCCO2)CC1.I. The minimum Gasteiger partial charge on any atom is -0.376 e. The number of nitrogens with one attached hydrogen (secondary N) is 1. The van der Waals surface area contributed by atoms with Crippen molar-refractivity contribution in [2.75, 3.05) is 32.8 Å². The molecule has 3 rings (SSSR count). The molecule has 1 N–H and O–H groups in total. The van der Waals surface area contributed by atoms with E-state index in [2.05, 4.69) is 36.1 Å². The molecule has 1 aromatic rings. The first-order chi connectivity index (χ1) is 13.1. The van der Waals surface area contributed by atoms with Gasteiger partial charge in [-0.05, 0) is 46.5 Å². The van der Waals surface area contributed by atoms with E-state index in [1.165, 1.54) is 17.7 Å². The van der Waals surface area contributed by atoms with Gasteiger partial charge in [0.2, 0.25) is 0 Å². The van der Waals surface area contributed by atoms with Crippen molar-refractivity contribution in [1.82, 2.24) is 20.0 Å². The molecular weight excluding hydrogens is 469 g/mol. The maximum absolute atomic E-state index is 6.10. The highest BCUT2D eigenvalue weighted by molar-refractivity contribution is 14.0. The third-order valence-corrected chi connectivity index (χ3v) is 5.66. The predicted molar refractivity (Wildman–Crippen MR) is 122 cm³/mol. The lowest BCUT2D eigenvalue weighted by atomic mass is 10.1. The lowest BCUT2D eigenvalue weighted by Crippen LogP contribution is -2.47. The van der Waals surface area contributed by atoms with Crippen LogP contribution >= 0.6 is 24.0 Å². The molecule has 2 aliphatic heterocycles. The van der Waals surface area contributed by atoms with Gasteiger partial charge in [-0.3, -0.25) is 4.68 Å². The van der Waals surface area contributed by atoms with E-state index in [1.807, 2.05) is 11.7 Å². The summed E-state index contributed by atoms with van der Waals surface area (Å²) in [6.07, 6.45) is 5.06. The number of likely N-dealkylation sites (tertiary alicyclic amines) is 1. The van der Waals surface area contributed by atoms with Crippen LogP contribution < -0.4 is 5.32 Å². The molecule has 0 bridgehead atoms. The van der Waals surface area contributed by atoms with Crippen molar-refractivity contribution >= 4 is 29.9 Å². The molecule has 0 radical (unpaired) electrons. The fraction of sp³-hybridized carbons (Fsp3) is 0.800. The van der Waals surface area contributed by atoms with Gasteiger partial charge in [-0.2, -0.15) is 5.10 Å². The molecule has 1 aromatic heterocycles. The van der Waals surface area contributed by atoms with Crippen molar-refractivity contribution < 1.29 is 9.47 Å². The molecule has 0 aromatic carbocycles. The first-order valence-corrected chi connectivity index (χ1v) is 10.3. The Kier molecular flexibility index (Phi) is 9.49. The number of piperidine rings is 1. The summed E-state index contributed by atoms with van der Waals surface area (Å²) in [6.45, 7) is 11.4. The first-order valence-electron chi connectivity index (χ1n) is 10.3. The van der Waals surface area contributed by atoms with Gasteiger partial charge in [0.1, 0.15) is 0 Å². The van der Waals surface area contributed by atoms with Crippen LogP contribution in [0, 0.1) is 13.8 Å². The van der Waals surface area contributed by atoms with E-state index < -0.39 is 0 Å². The summed E-state index contributed by atoms with van der Waals surface area (Å²) in [5, 5.41) is 7.94. The zero-order valence-corrected chi connectivity index (χ0v) is 20.1. The highest BCUT2D eigenvalue weighted by atomic mass is 127. The van der Waals surface area contributed by atoms with E-state index in [0.717, 1.165) is 63.8 Å². The molecule has 160 valence electrons. The highest BCUT2D eigenvalue weighted by Gasteiger charge is 2.24. The summed E-state index contributed by atoms with van der Waals surface area (Å²) in [7, 11) is 1.99. The predicted octanol–water partition coefficient (Wildman–Crippen LogP) is 2.78. The fourth-order valence-corrected chi connectivity index (χ4v) is 3.88. The van der Waals surface area contributed by atoms with Gasteiger partial charge in [-0.1, -0.05) is 0 Å². The second kappa shape index (κ2) is 11.3. The average Bonchev–Trinajstić information content (AvgIpc) is 3.27. The van der Waals surface area contributed by atoms with Crippen LogP contribution in [0.15, 0.2) is 4.99 Å². The number of hydrogen-bond acceptors (Lipinski definition) is 4. The number of ether oxygens (including phenoxy) is 2. The number of aryl methyl sites for hydroxylation is 2. The number of rotatable bonds is 6. The summed E-state index contributed by atoms with van der Waals surface area (Å²) in [6, 6.07) is 0.